The molecule has 2 heterocycles. The number of carbonyl (C=O) groups is 1. The molecule has 0 aliphatic rings. The first-order chi connectivity index (χ1) is 13.6. The Morgan fingerprint density at radius 2 is 2.07 bits per heavy atom. The molecule has 0 unspecified atom stereocenters. The first-order valence-electron chi connectivity index (χ1n) is 8.48. The summed E-state index contributed by atoms with van der Waals surface area (Å²) in [5.74, 6) is -0.420. The summed E-state index contributed by atoms with van der Waals surface area (Å²) in [6, 6.07) is 4.09. The first kappa shape index (κ1) is 20.9. The molecule has 0 aliphatic heterocycles. The van der Waals surface area contributed by atoms with Crippen molar-refractivity contribution in [2.24, 2.45) is 0 Å². The number of aromatic nitrogens is 3. The van der Waals surface area contributed by atoms with Crippen LogP contribution >= 0.6 is 11.6 Å². The molecule has 1 amide bonds. The highest BCUT2D eigenvalue weighted by Crippen LogP contribution is 2.36. The number of amides is 1. The zero-order chi connectivity index (χ0) is 21.3. The van der Waals surface area contributed by atoms with Gasteiger partial charge in [0.15, 0.2) is 0 Å². The average Bonchev–Trinajstić information content (AvgIpc) is 3.04. The number of hydrogen-bond acceptors (Lipinski definition) is 4. The van der Waals surface area contributed by atoms with Crippen molar-refractivity contribution in [1.29, 1.82) is 0 Å². The lowest BCUT2D eigenvalue weighted by atomic mass is 10.1. The Kier molecular flexibility index (Phi) is 5.67. The van der Waals surface area contributed by atoms with Crippen LogP contribution in [0.25, 0.3) is 5.52 Å². The summed E-state index contributed by atoms with van der Waals surface area (Å²) in [5.41, 5.74) is -0.510. The van der Waals surface area contributed by atoms with Gasteiger partial charge in [0.25, 0.3) is 5.56 Å². The monoisotopic (exact) mass is 428 g/mol. The topological polar surface area (TPSA) is 88.6 Å². The molecule has 0 fully saturated rings. The minimum atomic E-state index is -4.57. The number of aliphatic hydroxyl groups is 1. The molecule has 1 atom stereocenters. The van der Waals surface area contributed by atoms with Gasteiger partial charge in [-0.05, 0) is 30.7 Å². The zero-order valence-corrected chi connectivity index (χ0v) is 15.8. The average molecular weight is 429 g/mol. The summed E-state index contributed by atoms with van der Waals surface area (Å²) in [6.07, 6.45) is -1.96. The van der Waals surface area contributed by atoms with E-state index in [0.29, 0.717) is 11.3 Å². The maximum Gasteiger partial charge on any atom is 0.417 e. The van der Waals surface area contributed by atoms with Crippen LogP contribution < -0.4 is 10.9 Å². The molecule has 0 saturated carbocycles. The Bertz CT molecular complexity index is 1120. The third-order valence-electron chi connectivity index (χ3n) is 4.38. The van der Waals surface area contributed by atoms with Crippen molar-refractivity contribution in [2.45, 2.75) is 25.6 Å². The Balaban J connectivity index is 1.95. The van der Waals surface area contributed by atoms with Crippen molar-refractivity contribution in [2.75, 3.05) is 11.9 Å². The number of alkyl halides is 3. The third-order valence-corrected chi connectivity index (χ3v) is 4.69. The van der Waals surface area contributed by atoms with E-state index in [-0.39, 0.29) is 18.5 Å². The Morgan fingerprint density at radius 3 is 2.69 bits per heavy atom. The molecule has 3 aromatic rings. The van der Waals surface area contributed by atoms with Gasteiger partial charge in [-0.1, -0.05) is 17.7 Å². The van der Waals surface area contributed by atoms with E-state index in [0.717, 1.165) is 6.07 Å². The van der Waals surface area contributed by atoms with Crippen LogP contribution in [0.3, 0.4) is 0 Å². The fourth-order valence-corrected chi connectivity index (χ4v) is 3.15. The van der Waals surface area contributed by atoms with Gasteiger partial charge in [0, 0.05) is 0 Å². The minimum absolute atomic E-state index is 0.0877. The zero-order valence-electron chi connectivity index (χ0n) is 15.1. The van der Waals surface area contributed by atoms with Crippen LogP contribution in [0.2, 0.25) is 5.02 Å². The van der Waals surface area contributed by atoms with Gasteiger partial charge in [-0.15, -0.1) is 0 Å². The van der Waals surface area contributed by atoms with Crippen LogP contribution in [0.5, 0.6) is 0 Å². The van der Waals surface area contributed by atoms with Gasteiger partial charge in [0.1, 0.15) is 11.8 Å². The summed E-state index contributed by atoms with van der Waals surface area (Å²) in [4.78, 5) is 24.4. The van der Waals surface area contributed by atoms with Gasteiger partial charge in [-0.2, -0.15) is 18.3 Å². The maximum atomic E-state index is 12.9. The molecule has 0 bridgehead atoms. The number of carbonyl (C=O) groups excluding carboxylic acids is 1. The molecule has 0 saturated heterocycles. The largest absolute Gasteiger partial charge is 0.417 e. The molecular weight excluding hydrogens is 413 g/mol. The minimum Gasteiger partial charge on any atom is -0.396 e. The SMILES string of the molecule is C[C@@H](c1ccc(C(F)(F)F)c(Cl)c1)n1cnn2cc(NC(=O)CCO)cc2c1=O. The van der Waals surface area contributed by atoms with Gasteiger partial charge < -0.3 is 10.4 Å². The number of anilines is 1. The van der Waals surface area contributed by atoms with E-state index in [1.807, 2.05) is 0 Å². The molecule has 1 aromatic carbocycles. The van der Waals surface area contributed by atoms with Gasteiger partial charge in [0.05, 0.1) is 41.5 Å². The molecule has 29 heavy (non-hydrogen) atoms. The van der Waals surface area contributed by atoms with Gasteiger partial charge >= 0.3 is 6.18 Å². The Labute approximate surface area is 167 Å². The normalized spacial score (nSPS) is 12.9. The quantitative estimate of drug-likeness (QED) is 0.653. The lowest BCUT2D eigenvalue weighted by Crippen LogP contribution is -2.26. The predicted molar refractivity (Wildman–Crippen MR) is 100 cm³/mol. The van der Waals surface area contributed by atoms with Crippen molar-refractivity contribution in [3.05, 3.63) is 63.3 Å². The van der Waals surface area contributed by atoms with Crippen LogP contribution in [-0.4, -0.2) is 31.8 Å². The Morgan fingerprint density at radius 1 is 1.34 bits per heavy atom. The molecule has 0 radical (unpaired) electrons. The van der Waals surface area contributed by atoms with Gasteiger partial charge in [-0.25, -0.2) is 4.52 Å². The molecule has 11 heteroatoms. The summed E-state index contributed by atoms with van der Waals surface area (Å²) in [6.45, 7) is 1.32. The lowest BCUT2D eigenvalue weighted by Gasteiger charge is -2.17. The van der Waals surface area contributed by atoms with E-state index >= 15 is 0 Å². The highest BCUT2D eigenvalue weighted by Gasteiger charge is 2.33. The van der Waals surface area contributed by atoms with E-state index in [4.69, 9.17) is 16.7 Å². The van der Waals surface area contributed by atoms with E-state index in [2.05, 4.69) is 10.4 Å². The van der Waals surface area contributed by atoms with Crippen LogP contribution in [0.15, 0.2) is 41.6 Å². The standard InChI is InChI=1S/C18H16ClF3N4O3/c1-10(11-2-3-13(14(19)6-11)18(20,21)22)25-9-23-26-8-12(7-15(26)17(25)29)24-16(28)4-5-27/h2-3,6-10,27H,4-5H2,1H3,(H,24,28)/t10-/m0/s1. The summed E-state index contributed by atoms with van der Waals surface area (Å²) >= 11 is 5.77. The summed E-state index contributed by atoms with van der Waals surface area (Å²) in [5, 5.41) is 15.0. The second-order valence-electron chi connectivity index (χ2n) is 6.34. The predicted octanol–water partition coefficient (Wildman–Crippen LogP) is 3.10. The van der Waals surface area contributed by atoms with Crippen LogP contribution in [-0.2, 0) is 11.0 Å². The van der Waals surface area contributed by atoms with Crippen molar-refractivity contribution >= 4 is 28.7 Å². The lowest BCUT2D eigenvalue weighted by molar-refractivity contribution is -0.137. The molecule has 2 N–H and O–H groups in total. The number of rotatable bonds is 5. The smallest absolute Gasteiger partial charge is 0.396 e. The van der Waals surface area contributed by atoms with Gasteiger partial charge in [0.2, 0.25) is 5.91 Å². The molecular formula is C18H16ClF3N4O3. The molecule has 0 aliphatic carbocycles. The molecule has 3 rings (SSSR count). The highest BCUT2D eigenvalue weighted by atomic mass is 35.5. The van der Waals surface area contributed by atoms with E-state index in [1.165, 1.54) is 39.8 Å². The van der Waals surface area contributed by atoms with Crippen molar-refractivity contribution in [3.63, 3.8) is 0 Å². The first-order valence-corrected chi connectivity index (χ1v) is 8.86. The molecule has 154 valence electrons. The number of hydrogen-bond donors (Lipinski definition) is 2. The Hall–Kier alpha value is -2.85. The van der Waals surface area contributed by atoms with Crippen LogP contribution in [0.1, 0.15) is 30.5 Å². The summed E-state index contributed by atoms with van der Waals surface area (Å²) < 4.78 is 41.2. The van der Waals surface area contributed by atoms with Gasteiger partial charge in [-0.3, -0.25) is 14.2 Å². The van der Waals surface area contributed by atoms with Crippen molar-refractivity contribution in [1.82, 2.24) is 14.2 Å². The molecule has 0 spiro atoms. The van der Waals surface area contributed by atoms with Crippen LogP contribution in [0, 0.1) is 0 Å². The molecule has 7 nitrogen and oxygen atoms in total. The number of nitrogens with one attached hydrogen (secondary N) is 1. The van der Waals surface area contributed by atoms with Crippen LogP contribution in [0.4, 0.5) is 18.9 Å². The number of halogens is 4. The maximum absolute atomic E-state index is 12.9. The second kappa shape index (κ2) is 7.88. The fraction of sp³-hybridized carbons (Fsp3) is 0.278. The number of benzene rings is 1. The fourth-order valence-electron chi connectivity index (χ4n) is 2.85. The van der Waals surface area contributed by atoms with Crippen molar-refractivity contribution < 1.29 is 23.1 Å². The number of fused-ring (bicyclic) bond motifs is 1. The third kappa shape index (κ3) is 4.28. The second-order valence-corrected chi connectivity index (χ2v) is 6.74. The number of nitrogens with zero attached hydrogens (tertiary/aromatic N) is 3. The van der Waals surface area contributed by atoms with E-state index in [1.54, 1.807) is 6.92 Å². The van der Waals surface area contributed by atoms with Crippen molar-refractivity contribution in [3.8, 4) is 0 Å². The highest BCUT2D eigenvalue weighted by molar-refractivity contribution is 6.31. The number of aliphatic hydroxyl groups excluding tert-OH is 1. The summed E-state index contributed by atoms with van der Waals surface area (Å²) in [7, 11) is 0. The van der Waals surface area contributed by atoms with E-state index in [9.17, 15) is 22.8 Å². The molecule has 2 aromatic heterocycles. The van der Waals surface area contributed by atoms with E-state index < -0.39 is 34.3 Å².